The zero-order valence-corrected chi connectivity index (χ0v) is 12.2. The summed E-state index contributed by atoms with van der Waals surface area (Å²) >= 11 is 1.23. The summed E-state index contributed by atoms with van der Waals surface area (Å²) in [6, 6.07) is 5.90. The number of carbonyl (C=O) groups is 1. The van der Waals surface area contributed by atoms with Crippen LogP contribution >= 0.6 is 11.7 Å². The summed E-state index contributed by atoms with van der Waals surface area (Å²) in [6.45, 7) is 1.65. The molecular formula is C14H17N3O2S. The van der Waals surface area contributed by atoms with Crippen LogP contribution in [0, 0.1) is 0 Å². The largest absolute Gasteiger partial charge is 0.468 e. The fourth-order valence-electron chi connectivity index (χ4n) is 2.79. The number of benzene rings is 1. The van der Waals surface area contributed by atoms with Crippen LogP contribution in [0.2, 0.25) is 0 Å². The molecule has 1 aromatic carbocycles. The molecule has 2 heterocycles. The lowest BCUT2D eigenvalue weighted by molar-refractivity contribution is -0.148. The number of carbonyl (C=O) groups excluding carboxylic acids is 1. The molecule has 3 rings (SSSR count). The highest BCUT2D eigenvalue weighted by Crippen LogP contribution is 2.23. The van der Waals surface area contributed by atoms with E-state index >= 15 is 0 Å². The highest BCUT2D eigenvalue weighted by atomic mass is 32.1. The first-order valence-electron chi connectivity index (χ1n) is 6.81. The third kappa shape index (κ3) is 2.53. The first-order chi connectivity index (χ1) is 9.79. The average molecular weight is 291 g/mol. The number of esters is 1. The second-order valence-electron chi connectivity index (χ2n) is 5.05. The van der Waals surface area contributed by atoms with Crippen molar-refractivity contribution in [2.24, 2.45) is 0 Å². The van der Waals surface area contributed by atoms with E-state index in [1.165, 1.54) is 18.8 Å². The summed E-state index contributed by atoms with van der Waals surface area (Å²) < 4.78 is 13.5. The van der Waals surface area contributed by atoms with Crippen LogP contribution in [0.4, 0.5) is 0 Å². The van der Waals surface area contributed by atoms with Crippen molar-refractivity contribution in [1.29, 1.82) is 0 Å². The maximum Gasteiger partial charge on any atom is 0.323 e. The molecule has 5 nitrogen and oxygen atoms in total. The molecule has 1 fully saturated rings. The first-order valence-corrected chi connectivity index (χ1v) is 7.54. The van der Waals surface area contributed by atoms with Crippen molar-refractivity contribution < 1.29 is 9.53 Å². The predicted octanol–water partition coefficient (Wildman–Crippen LogP) is 2.22. The van der Waals surface area contributed by atoms with Crippen LogP contribution < -0.4 is 0 Å². The fourth-order valence-corrected chi connectivity index (χ4v) is 3.36. The van der Waals surface area contributed by atoms with E-state index in [0.29, 0.717) is 0 Å². The van der Waals surface area contributed by atoms with Crippen LogP contribution in [0.3, 0.4) is 0 Å². The Morgan fingerprint density at radius 3 is 3.20 bits per heavy atom. The molecule has 1 atom stereocenters. The minimum Gasteiger partial charge on any atom is -0.468 e. The molecule has 0 aliphatic carbocycles. The Morgan fingerprint density at radius 2 is 2.35 bits per heavy atom. The number of nitrogens with zero attached hydrogens (tertiary/aromatic N) is 3. The molecule has 1 saturated heterocycles. The number of piperidine rings is 1. The van der Waals surface area contributed by atoms with Gasteiger partial charge in [0.1, 0.15) is 17.1 Å². The normalized spacial score (nSPS) is 20.1. The van der Waals surface area contributed by atoms with Crippen LogP contribution in [-0.4, -0.2) is 39.3 Å². The maximum absolute atomic E-state index is 11.9. The molecule has 0 saturated carbocycles. The Labute approximate surface area is 121 Å². The number of methoxy groups -OCH3 is 1. The van der Waals surface area contributed by atoms with Crippen LogP contribution in [0.25, 0.3) is 11.0 Å². The highest BCUT2D eigenvalue weighted by molar-refractivity contribution is 7.00. The lowest BCUT2D eigenvalue weighted by Gasteiger charge is -2.33. The third-order valence-corrected chi connectivity index (χ3v) is 4.37. The van der Waals surface area contributed by atoms with Gasteiger partial charge < -0.3 is 4.74 Å². The van der Waals surface area contributed by atoms with Gasteiger partial charge in [0, 0.05) is 6.54 Å². The van der Waals surface area contributed by atoms with Gasteiger partial charge in [-0.2, -0.15) is 8.75 Å². The third-order valence-electron chi connectivity index (χ3n) is 3.83. The number of hydrogen-bond acceptors (Lipinski definition) is 6. The number of hydrogen-bond donors (Lipinski definition) is 0. The van der Waals surface area contributed by atoms with Crippen molar-refractivity contribution in [1.82, 2.24) is 13.6 Å². The fraction of sp³-hybridized carbons (Fsp3) is 0.500. The number of fused-ring (bicyclic) bond motifs is 1. The van der Waals surface area contributed by atoms with Gasteiger partial charge >= 0.3 is 5.97 Å². The predicted molar refractivity (Wildman–Crippen MR) is 77.5 cm³/mol. The number of aromatic nitrogens is 2. The average Bonchev–Trinajstić information content (AvgIpc) is 2.96. The van der Waals surface area contributed by atoms with E-state index in [0.717, 1.165) is 48.9 Å². The molecule has 0 amide bonds. The first kappa shape index (κ1) is 13.5. The minimum atomic E-state index is -0.131. The molecule has 6 heteroatoms. The van der Waals surface area contributed by atoms with Crippen molar-refractivity contribution in [2.75, 3.05) is 13.7 Å². The molecule has 0 bridgehead atoms. The summed E-state index contributed by atoms with van der Waals surface area (Å²) in [5, 5.41) is 0. The van der Waals surface area contributed by atoms with Crippen LogP contribution in [0.15, 0.2) is 18.2 Å². The summed E-state index contributed by atoms with van der Waals surface area (Å²) in [6.07, 6.45) is 3.08. The standard InChI is InChI=1S/C14H17N3O2S/c1-19-14(18)12-7-2-3-8-17(12)9-10-5-4-6-11-13(10)16-20-15-11/h4-6,12H,2-3,7-9H2,1H3/t12-/m0/s1. The zero-order valence-electron chi connectivity index (χ0n) is 11.4. The quantitative estimate of drug-likeness (QED) is 0.812. The zero-order chi connectivity index (χ0) is 13.9. The topological polar surface area (TPSA) is 55.3 Å². The van der Waals surface area contributed by atoms with E-state index in [-0.39, 0.29) is 12.0 Å². The summed E-state index contributed by atoms with van der Waals surface area (Å²) in [5.41, 5.74) is 3.01. The Bertz CT molecular complexity index is 613. The molecule has 2 aromatic rings. The van der Waals surface area contributed by atoms with E-state index in [1.54, 1.807) is 0 Å². The van der Waals surface area contributed by atoms with Gasteiger partial charge in [0.2, 0.25) is 0 Å². The Balaban J connectivity index is 1.84. The van der Waals surface area contributed by atoms with E-state index < -0.39 is 0 Å². The van der Waals surface area contributed by atoms with Crippen LogP contribution in [0.5, 0.6) is 0 Å². The Morgan fingerprint density at radius 1 is 1.45 bits per heavy atom. The van der Waals surface area contributed by atoms with Crippen molar-refractivity contribution >= 4 is 28.7 Å². The van der Waals surface area contributed by atoms with Crippen molar-refractivity contribution in [3.63, 3.8) is 0 Å². The lowest BCUT2D eigenvalue weighted by Crippen LogP contribution is -2.44. The van der Waals surface area contributed by atoms with Crippen molar-refractivity contribution in [3.05, 3.63) is 23.8 Å². The van der Waals surface area contributed by atoms with Crippen molar-refractivity contribution in [3.8, 4) is 0 Å². The SMILES string of the molecule is COC(=O)[C@@H]1CCCCN1Cc1cccc2nsnc12. The van der Waals surface area contributed by atoms with Gasteiger partial charge in [0.05, 0.1) is 18.8 Å². The molecular weight excluding hydrogens is 274 g/mol. The second kappa shape index (κ2) is 5.85. The van der Waals surface area contributed by atoms with Gasteiger partial charge in [-0.05, 0) is 31.0 Å². The minimum absolute atomic E-state index is 0.129. The molecule has 0 unspecified atom stereocenters. The van der Waals surface area contributed by atoms with Gasteiger partial charge in [0.15, 0.2) is 0 Å². The van der Waals surface area contributed by atoms with Crippen molar-refractivity contribution in [2.45, 2.75) is 31.8 Å². The molecule has 1 aromatic heterocycles. The molecule has 0 spiro atoms. The Hall–Kier alpha value is -1.53. The molecule has 0 radical (unpaired) electrons. The highest BCUT2D eigenvalue weighted by Gasteiger charge is 2.29. The smallest absolute Gasteiger partial charge is 0.323 e. The van der Waals surface area contributed by atoms with Crippen LogP contribution in [-0.2, 0) is 16.1 Å². The number of likely N-dealkylation sites (tertiary alicyclic amines) is 1. The van der Waals surface area contributed by atoms with Gasteiger partial charge in [-0.3, -0.25) is 9.69 Å². The van der Waals surface area contributed by atoms with E-state index in [9.17, 15) is 4.79 Å². The molecule has 1 aliphatic rings. The maximum atomic E-state index is 11.9. The number of ether oxygens (including phenoxy) is 1. The lowest BCUT2D eigenvalue weighted by atomic mass is 10.0. The molecule has 106 valence electrons. The second-order valence-corrected chi connectivity index (χ2v) is 5.58. The summed E-state index contributed by atoms with van der Waals surface area (Å²) in [7, 11) is 1.46. The molecule has 20 heavy (non-hydrogen) atoms. The molecule has 0 N–H and O–H groups in total. The summed E-state index contributed by atoms with van der Waals surface area (Å²) in [5.74, 6) is -0.131. The van der Waals surface area contributed by atoms with E-state index in [1.807, 2.05) is 12.1 Å². The van der Waals surface area contributed by atoms with Gasteiger partial charge in [-0.25, -0.2) is 0 Å². The van der Waals surface area contributed by atoms with Gasteiger partial charge in [-0.15, -0.1) is 0 Å². The van der Waals surface area contributed by atoms with Gasteiger partial charge in [-0.1, -0.05) is 18.6 Å². The van der Waals surface area contributed by atoms with Gasteiger partial charge in [0.25, 0.3) is 0 Å². The molecule has 1 aliphatic heterocycles. The van der Waals surface area contributed by atoms with Crippen LogP contribution in [0.1, 0.15) is 24.8 Å². The van der Waals surface area contributed by atoms with E-state index in [2.05, 4.69) is 19.7 Å². The number of rotatable bonds is 3. The summed E-state index contributed by atoms with van der Waals surface area (Å²) in [4.78, 5) is 14.1. The van der Waals surface area contributed by atoms with E-state index in [4.69, 9.17) is 4.74 Å². The Kier molecular flexibility index (Phi) is 3.93. The monoisotopic (exact) mass is 291 g/mol.